The molecular weight excluding hydrogens is 465 g/mol. The monoisotopic (exact) mass is 483 g/mol. The molecule has 3 heterocycles. The lowest BCUT2D eigenvalue weighted by molar-refractivity contribution is 0.0996. The van der Waals surface area contributed by atoms with Crippen LogP contribution in [0.15, 0.2) is 11.0 Å². The number of carbonyl (C=O) groups excluding carboxylic acids is 1. The Hall–Kier alpha value is -1.75. The number of hydrogen-bond donors (Lipinski definition) is 1. The van der Waals surface area contributed by atoms with Crippen molar-refractivity contribution in [2.75, 3.05) is 5.43 Å². The third kappa shape index (κ3) is 2.77. The van der Waals surface area contributed by atoms with Crippen LogP contribution < -0.4 is 11.0 Å². The fourth-order valence-corrected chi connectivity index (χ4v) is 5.58. The quantitative estimate of drug-likeness (QED) is 0.569. The number of aromatic nitrogens is 4. The highest BCUT2D eigenvalue weighted by Gasteiger charge is 2.25. The van der Waals surface area contributed by atoms with Crippen LogP contribution in [0.25, 0.3) is 10.2 Å². The second kappa shape index (κ2) is 6.45. The van der Waals surface area contributed by atoms with Crippen molar-refractivity contribution in [3.8, 4) is 0 Å². The molecule has 4 rings (SSSR count). The summed E-state index contributed by atoms with van der Waals surface area (Å²) in [5.41, 5.74) is 4.02. The van der Waals surface area contributed by atoms with Gasteiger partial charge in [0.1, 0.15) is 16.3 Å². The van der Waals surface area contributed by atoms with E-state index in [1.807, 2.05) is 0 Å². The SMILES string of the molecule is Cc1nc2sc3c(c2c(=O)n1NC(=O)c1c(I)cnn1C)CC[C@H](C)C3. The maximum Gasteiger partial charge on any atom is 0.289 e. The first kappa shape index (κ1) is 17.7. The van der Waals surface area contributed by atoms with Crippen LogP contribution in [0.1, 0.15) is 40.1 Å². The summed E-state index contributed by atoms with van der Waals surface area (Å²) in [5, 5.41) is 4.73. The molecule has 0 saturated carbocycles. The largest absolute Gasteiger partial charge is 0.289 e. The van der Waals surface area contributed by atoms with Crippen LogP contribution in [0.5, 0.6) is 0 Å². The zero-order valence-corrected chi connectivity index (χ0v) is 17.6. The maximum absolute atomic E-state index is 13.1. The summed E-state index contributed by atoms with van der Waals surface area (Å²) < 4.78 is 3.49. The Bertz CT molecular complexity index is 1080. The van der Waals surface area contributed by atoms with Gasteiger partial charge < -0.3 is 0 Å². The van der Waals surface area contributed by atoms with Crippen molar-refractivity contribution < 1.29 is 4.79 Å². The van der Waals surface area contributed by atoms with Crippen molar-refractivity contribution >= 4 is 50.1 Å². The summed E-state index contributed by atoms with van der Waals surface area (Å²) >= 11 is 3.66. The highest BCUT2D eigenvalue weighted by atomic mass is 127. The van der Waals surface area contributed by atoms with Gasteiger partial charge in [-0.1, -0.05) is 6.92 Å². The van der Waals surface area contributed by atoms with E-state index in [9.17, 15) is 9.59 Å². The molecule has 0 saturated heterocycles. The molecule has 0 spiro atoms. The van der Waals surface area contributed by atoms with E-state index in [-0.39, 0.29) is 11.5 Å². The first-order valence-corrected chi connectivity index (χ1v) is 10.3. The number of nitrogens with zero attached hydrogens (tertiary/aromatic N) is 4. The van der Waals surface area contributed by atoms with E-state index in [4.69, 9.17) is 0 Å². The summed E-state index contributed by atoms with van der Waals surface area (Å²) in [6.07, 6.45) is 4.58. The zero-order valence-electron chi connectivity index (χ0n) is 14.7. The number of halogens is 1. The highest BCUT2D eigenvalue weighted by Crippen LogP contribution is 2.35. The zero-order chi connectivity index (χ0) is 18.6. The molecule has 26 heavy (non-hydrogen) atoms. The minimum absolute atomic E-state index is 0.204. The Morgan fingerprint density at radius 1 is 1.46 bits per heavy atom. The lowest BCUT2D eigenvalue weighted by atomic mass is 9.89. The molecule has 0 aromatic carbocycles. The van der Waals surface area contributed by atoms with Crippen LogP contribution in [0, 0.1) is 16.4 Å². The molecule has 7 nitrogen and oxygen atoms in total. The minimum Gasteiger partial charge on any atom is -0.267 e. The number of nitrogens with one attached hydrogen (secondary N) is 1. The molecule has 0 fully saturated rings. The number of fused-ring (bicyclic) bond motifs is 3. The van der Waals surface area contributed by atoms with E-state index in [1.54, 1.807) is 31.5 Å². The van der Waals surface area contributed by atoms with Crippen LogP contribution >= 0.6 is 33.9 Å². The molecule has 1 amide bonds. The van der Waals surface area contributed by atoms with E-state index in [0.29, 0.717) is 22.8 Å². The van der Waals surface area contributed by atoms with Crippen LogP contribution in [0.4, 0.5) is 0 Å². The second-order valence-electron chi connectivity index (χ2n) is 6.74. The summed E-state index contributed by atoms with van der Waals surface area (Å²) in [5.74, 6) is 0.726. The van der Waals surface area contributed by atoms with Crippen molar-refractivity contribution in [3.63, 3.8) is 0 Å². The first-order chi connectivity index (χ1) is 12.4. The molecule has 0 aliphatic heterocycles. The van der Waals surface area contributed by atoms with Crippen molar-refractivity contribution in [2.24, 2.45) is 13.0 Å². The normalized spacial score (nSPS) is 16.7. The lowest BCUT2D eigenvalue weighted by Crippen LogP contribution is -2.36. The van der Waals surface area contributed by atoms with Gasteiger partial charge in [-0.2, -0.15) is 5.10 Å². The second-order valence-corrected chi connectivity index (χ2v) is 8.98. The summed E-state index contributed by atoms with van der Waals surface area (Å²) in [7, 11) is 1.70. The minimum atomic E-state index is -0.376. The van der Waals surface area contributed by atoms with Gasteiger partial charge in [-0.05, 0) is 60.3 Å². The number of rotatable bonds is 2. The number of thiophene rings is 1. The van der Waals surface area contributed by atoms with Gasteiger partial charge in [0, 0.05) is 11.9 Å². The molecule has 1 atom stereocenters. The average Bonchev–Trinajstić information content (AvgIpc) is 3.10. The Balaban J connectivity index is 1.81. The molecular formula is C17H18IN5O2S. The molecule has 1 N–H and O–H groups in total. The van der Waals surface area contributed by atoms with Gasteiger partial charge in [0.05, 0.1) is 15.2 Å². The number of amides is 1. The van der Waals surface area contributed by atoms with Gasteiger partial charge in [0.15, 0.2) is 0 Å². The molecule has 3 aromatic rings. The third-order valence-corrected chi connectivity index (χ3v) is 6.76. The van der Waals surface area contributed by atoms with Gasteiger partial charge in [-0.25, -0.2) is 9.66 Å². The first-order valence-electron chi connectivity index (χ1n) is 8.39. The number of carbonyl (C=O) groups is 1. The summed E-state index contributed by atoms with van der Waals surface area (Å²) in [6.45, 7) is 3.97. The fraction of sp³-hybridized carbons (Fsp3) is 0.412. The van der Waals surface area contributed by atoms with E-state index in [1.165, 1.54) is 14.2 Å². The predicted molar refractivity (Wildman–Crippen MR) is 109 cm³/mol. The fourth-order valence-electron chi connectivity index (χ4n) is 3.44. The lowest BCUT2D eigenvalue weighted by Gasteiger charge is -2.17. The van der Waals surface area contributed by atoms with Gasteiger partial charge in [0.25, 0.3) is 11.5 Å². The van der Waals surface area contributed by atoms with E-state index in [2.05, 4.69) is 45.0 Å². The topological polar surface area (TPSA) is 81.8 Å². The van der Waals surface area contributed by atoms with Crippen molar-refractivity contribution in [3.05, 3.63) is 42.1 Å². The van der Waals surface area contributed by atoms with E-state index < -0.39 is 0 Å². The molecule has 9 heteroatoms. The number of hydrogen-bond acceptors (Lipinski definition) is 5. The van der Waals surface area contributed by atoms with Crippen molar-refractivity contribution in [2.45, 2.75) is 33.1 Å². The van der Waals surface area contributed by atoms with Crippen LogP contribution in [-0.2, 0) is 19.9 Å². The van der Waals surface area contributed by atoms with E-state index >= 15 is 0 Å². The van der Waals surface area contributed by atoms with Crippen LogP contribution in [0.3, 0.4) is 0 Å². The molecule has 1 aliphatic rings. The predicted octanol–water partition coefficient (Wildman–Crippen LogP) is 2.61. The highest BCUT2D eigenvalue weighted by molar-refractivity contribution is 14.1. The molecule has 3 aromatic heterocycles. The Morgan fingerprint density at radius 3 is 2.92 bits per heavy atom. The Kier molecular flexibility index (Phi) is 4.38. The maximum atomic E-state index is 13.1. The smallest absolute Gasteiger partial charge is 0.267 e. The van der Waals surface area contributed by atoms with Gasteiger partial charge in [-0.3, -0.25) is 19.7 Å². The molecule has 0 unspecified atom stereocenters. The van der Waals surface area contributed by atoms with Crippen LogP contribution in [0.2, 0.25) is 0 Å². The third-order valence-electron chi connectivity index (χ3n) is 4.82. The standard InChI is InChI=1S/C17H18IN5O2S/c1-8-4-5-10-12(6-8)26-16-13(10)17(25)23(9(2)20-16)21-15(24)14-11(18)7-19-22(14)3/h7-8H,4-6H2,1-3H3,(H,21,24)/t8-/m0/s1. The van der Waals surface area contributed by atoms with Crippen molar-refractivity contribution in [1.82, 2.24) is 19.4 Å². The van der Waals surface area contributed by atoms with Gasteiger partial charge in [-0.15, -0.1) is 11.3 Å². The van der Waals surface area contributed by atoms with Crippen LogP contribution in [-0.4, -0.2) is 25.3 Å². The molecule has 136 valence electrons. The van der Waals surface area contributed by atoms with Gasteiger partial charge >= 0.3 is 0 Å². The Labute approximate surface area is 167 Å². The summed E-state index contributed by atoms with van der Waals surface area (Å²) in [6, 6.07) is 0. The van der Waals surface area contributed by atoms with Crippen molar-refractivity contribution in [1.29, 1.82) is 0 Å². The number of aryl methyl sites for hydroxylation is 3. The molecule has 0 radical (unpaired) electrons. The van der Waals surface area contributed by atoms with E-state index in [0.717, 1.165) is 33.2 Å². The summed E-state index contributed by atoms with van der Waals surface area (Å²) in [4.78, 5) is 32.4. The average molecular weight is 483 g/mol. The van der Waals surface area contributed by atoms with Gasteiger partial charge in [0.2, 0.25) is 0 Å². The molecule has 0 bridgehead atoms. The molecule has 1 aliphatic carbocycles. The Morgan fingerprint density at radius 2 is 2.23 bits per heavy atom.